The molecule has 0 heterocycles. The first-order chi connectivity index (χ1) is 7.62. The van der Waals surface area contributed by atoms with Crippen LogP contribution in [0.25, 0.3) is 0 Å². The molecule has 3 nitrogen and oxygen atoms in total. The Bertz CT molecular complexity index is 513. The van der Waals surface area contributed by atoms with Gasteiger partial charge in [-0.05, 0) is 18.2 Å². The van der Waals surface area contributed by atoms with Crippen molar-refractivity contribution >= 4 is 33.3 Å². The standard InChI is InChI=1S/C8H5Cl2F3O3S/c9-6-2-1-5(3-7(6)10)17(14,15)16-4-8(11,12)13/h1-3H,4H2. The van der Waals surface area contributed by atoms with Crippen molar-refractivity contribution in [2.75, 3.05) is 6.61 Å². The summed E-state index contributed by atoms with van der Waals surface area (Å²) in [4.78, 5) is -0.490. The van der Waals surface area contributed by atoms with Crippen LogP contribution in [0.15, 0.2) is 23.1 Å². The highest BCUT2D eigenvalue weighted by atomic mass is 35.5. The zero-order valence-corrected chi connectivity index (χ0v) is 10.3. The summed E-state index contributed by atoms with van der Waals surface area (Å²) in [6.45, 7) is -1.89. The Hall–Kier alpha value is -0.500. The maximum Gasteiger partial charge on any atom is 0.413 e. The largest absolute Gasteiger partial charge is 0.413 e. The van der Waals surface area contributed by atoms with Crippen molar-refractivity contribution in [3.8, 4) is 0 Å². The molecule has 0 aliphatic rings. The SMILES string of the molecule is O=S(=O)(OCC(F)(F)F)c1ccc(Cl)c(Cl)c1. The van der Waals surface area contributed by atoms with Gasteiger partial charge in [-0.15, -0.1) is 0 Å². The Morgan fingerprint density at radius 3 is 2.24 bits per heavy atom. The second-order valence-electron chi connectivity index (χ2n) is 2.91. The molecule has 1 rings (SSSR count). The van der Waals surface area contributed by atoms with Crippen LogP contribution in [0.4, 0.5) is 13.2 Å². The highest BCUT2D eigenvalue weighted by molar-refractivity contribution is 7.86. The van der Waals surface area contributed by atoms with Crippen LogP contribution in [0.2, 0.25) is 10.0 Å². The number of hydrogen-bond acceptors (Lipinski definition) is 3. The van der Waals surface area contributed by atoms with E-state index in [4.69, 9.17) is 23.2 Å². The van der Waals surface area contributed by atoms with E-state index in [1.165, 1.54) is 0 Å². The fraction of sp³-hybridized carbons (Fsp3) is 0.250. The number of halogens is 5. The van der Waals surface area contributed by atoms with Crippen LogP contribution in [0, 0.1) is 0 Å². The molecule has 0 saturated carbocycles. The molecule has 1 aromatic carbocycles. The molecule has 0 aromatic heterocycles. The zero-order chi connectivity index (χ0) is 13.3. The molecule has 1 aromatic rings. The van der Waals surface area contributed by atoms with E-state index in [0.717, 1.165) is 18.2 Å². The maximum atomic E-state index is 11.8. The van der Waals surface area contributed by atoms with Crippen molar-refractivity contribution in [2.24, 2.45) is 0 Å². The second-order valence-corrected chi connectivity index (χ2v) is 5.34. The zero-order valence-electron chi connectivity index (χ0n) is 7.96. The van der Waals surface area contributed by atoms with Crippen LogP contribution in [0.5, 0.6) is 0 Å². The van der Waals surface area contributed by atoms with E-state index in [2.05, 4.69) is 4.18 Å². The molecule has 0 aliphatic carbocycles. The molecule has 0 N–H and O–H groups in total. The molecule has 17 heavy (non-hydrogen) atoms. The Morgan fingerprint density at radius 2 is 1.76 bits per heavy atom. The summed E-state index contributed by atoms with van der Waals surface area (Å²) in [6, 6.07) is 3.06. The molecule has 0 fully saturated rings. The minimum Gasteiger partial charge on any atom is -0.257 e. The molecule has 9 heteroatoms. The average molecular weight is 309 g/mol. The van der Waals surface area contributed by atoms with Gasteiger partial charge in [-0.2, -0.15) is 21.6 Å². The van der Waals surface area contributed by atoms with Gasteiger partial charge < -0.3 is 0 Å². The highest BCUT2D eigenvalue weighted by Gasteiger charge is 2.31. The Morgan fingerprint density at radius 1 is 1.18 bits per heavy atom. The predicted octanol–water partition coefficient (Wildman–Crippen LogP) is 3.26. The van der Waals surface area contributed by atoms with Gasteiger partial charge in [0.15, 0.2) is 6.61 Å². The van der Waals surface area contributed by atoms with E-state index in [9.17, 15) is 21.6 Å². The van der Waals surface area contributed by atoms with Gasteiger partial charge in [-0.25, -0.2) is 0 Å². The third-order valence-corrected chi connectivity index (χ3v) is 3.56. The molecule has 0 atom stereocenters. The van der Waals surface area contributed by atoms with Gasteiger partial charge in [0.2, 0.25) is 0 Å². The summed E-state index contributed by atoms with van der Waals surface area (Å²) in [7, 11) is -4.50. The Labute approximate surface area is 105 Å². The van der Waals surface area contributed by atoms with Gasteiger partial charge in [-0.3, -0.25) is 4.18 Å². The molecule has 0 saturated heterocycles. The molecule has 96 valence electrons. The van der Waals surface area contributed by atoms with Crippen LogP contribution in [-0.2, 0) is 14.3 Å². The van der Waals surface area contributed by atoms with E-state index in [1.54, 1.807) is 0 Å². The van der Waals surface area contributed by atoms with Crippen LogP contribution >= 0.6 is 23.2 Å². The lowest BCUT2D eigenvalue weighted by Gasteiger charge is -2.08. The highest BCUT2D eigenvalue weighted by Crippen LogP contribution is 2.26. The van der Waals surface area contributed by atoms with Crippen LogP contribution < -0.4 is 0 Å². The van der Waals surface area contributed by atoms with E-state index in [-0.39, 0.29) is 10.0 Å². The van der Waals surface area contributed by atoms with Gasteiger partial charge in [0, 0.05) is 0 Å². The number of rotatable bonds is 3. The normalized spacial score (nSPS) is 12.8. The lowest BCUT2D eigenvalue weighted by Crippen LogP contribution is -2.20. The minimum absolute atomic E-state index is 0.0847. The summed E-state index contributed by atoms with van der Waals surface area (Å²) >= 11 is 11.1. The summed E-state index contributed by atoms with van der Waals surface area (Å²) in [5, 5.41) is -0.00946. The average Bonchev–Trinajstić information content (AvgIpc) is 2.18. The maximum absolute atomic E-state index is 11.8. The smallest absolute Gasteiger partial charge is 0.257 e. The molecular weight excluding hydrogens is 304 g/mol. The summed E-state index contributed by atoms with van der Waals surface area (Å²) in [5.74, 6) is 0. The fourth-order valence-corrected chi connectivity index (χ4v) is 2.13. The van der Waals surface area contributed by atoms with Crippen molar-refractivity contribution in [1.29, 1.82) is 0 Å². The third kappa shape index (κ3) is 4.34. The molecule has 0 radical (unpaired) electrons. The lowest BCUT2D eigenvalue weighted by atomic mass is 10.4. The van der Waals surface area contributed by atoms with Crippen molar-refractivity contribution in [3.63, 3.8) is 0 Å². The van der Waals surface area contributed by atoms with Gasteiger partial charge in [0.25, 0.3) is 10.1 Å². The molecule has 0 spiro atoms. The van der Waals surface area contributed by atoms with E-state index in [1.807, 2.05) is 0 Å². The molecule has 0 bridgehead atoms. The summed E-state index contributed by atoms with van der Waals surface area (Å²) < 4.78 is 61.9. The minimum atomic E-state index is -4.73. The van der Waals surface area contributed by atoms with E-state index >= 15 is 0 Å². The molecule has 0 amide bonds. The summed E-state index contributed by atoms with van der Waals surface area (Å²) in [6.07, 6.45) is -4.73. The first-order valence-corrected chi connectivity index (χ1v) is 6.19. The van der Waals surface area contributed by atoms with Crippen LogP contribution in [-0.4, -0.2) is 21.2 Å². The molecule has 0 unspecified atom stereocenters. The van der Waals surface area contributed by atoms with Crippen molar-refractivity contribution in [1.82, 2.24) is 0 Å². The van der Waals surface area contributed by atoms with Crippen molar-refractivity contribution in [3.05, 3.63) is 28.2 Å². The predicted molar refractivity (Wildman–Crippen MR) is 55.7 cm³/mol. The topological polar surface area (TPSA) is 43.4 Å². The Balaban J connectivity index is 2.94. The van der Waals surface area contributed by atoms with Crippen molar-refractivity contribution in [2.45, 2.75) is 11.1 Å². The van der Waals surface area contributed by atoms with Gasteiger partial charge in [-0.1, -0.05) is 23.2 Å². The van der Waals surface area contributed by atoms with Crippen molar-refractivity contribution < 1.29 is 25.8 Å². The monoisotopic (exact) mass is 308 g/mol. The van der Waals surface area contributed by atoms with E-state index in [0.29, 0.717) is 0 Å². The third-order valence-electron chi connectivity index (χ3n) is 1.56. The number of alkyl halides is 3. The quantitative estimate of drug-likeness (QED) is 0.805. The fourth-order valence-electron chi connectivity index (χ4n) is 0.845. The number of benzene rings is 1. The summed E-state index contributed by atoms with van der Waals surface area (Å²) in [5.41, 5.74) is 0. The lowest BCUT2D eigenvalue weighted by molar-refractivity contribution is -0.152. The van der Waals surface area contributed by atoms with Crippen LogP contribution in [0.1, 0.15) is 0 Å². The molecule has 0 aliphatic heterocycles. The van der Waals surface area contributed by atoms with Gasteiger partial charge >= 0.3 is 6.18 Å². The second kappa shape index (κ2) is 5.01. The van der Waals surface area contributed by atoms with E-state index < -0.39 is 27.8 Å². The van der Waals surface area contributed by atoms with Gasteiger partial charge in [0.05, 0.1) is 14.9 Å². The Kier molecular flexibility index (Phi) is 4.29. The van der Waals surface area contributed by atoms with Gasteiger partial charge in [0.1, 0.15) is 0 Å². The first kappa shape index (κ1) is 14.6. The first-order valence-electron chi connectivity index (χ1n) is 4.03. The van der Waals surface area contributed by atoms with Crippen LogP contribution in [0.3, 0.4) is 0 Å². The number of hydrogen-bond donors (Lipinski definition) is 0. The molecular formula is C8H5Cl2F3O3S.